The Morgan fingerprint density at radius 1 is 1.11 bits per heavy atom. The number of carbonyl (C=O) groups excluding carboxylic acids is 3. The van der Waals surface area contributed by atoms with E-state index in [0.717, 1.165) is 4.90 Å². The van der Waals surface area contributed by atoms with E-state index < -0.39 is 28.5 Å². The fourth-order valence-corrected chi connectivity index (χ4v) is 2.23. The van der Waals surface area contributed by atoms with Crippen LogP contribution in [0.25, 0.3) is 0 Å². The van der Waals surface area contributed by atoms with E-state index in [9.17, 15) is 14.4 Å². The van der Waals surface area contributed by atoms with Crippen LogP contribution in [0.3, 0.4) is 0 Å². The summed E-state index contributed by atoms with van der Waals surface area (Å²) in [5, 5.41) is 0. The van der Waals surface area contributed by atoms with Gasteiger partial charge in [-0.05, 0) is 19.1 Å². The van der Waals surface area contributed by atoms with Crippen molar-refractivity contribution in [3.05, 3.63) is 35.4 Å². The number of ketones is 1. The number of halogens is 2. The summed E-state index contributed by atoms with van der Waals surface area (Å²) in [6, 6.07) is 5.44. The van der Waals surface area contributed by atoms with E-state index in [2.05, 4.69) is 0 Å². The second-order valence-electron chi connectivity index (χ2n) is 3.90. The second-order valence-corrected chi connectivity index (χ2v) is 5.00. The van der Waals surface area contributed by atoms with Gasteiger partial charge in [0.05, 0.1) is 17.2 Å². The number of nitrogens with zero attached hydrogens (tertiary/aromatic N) is 1. The number of imide groups is 1. The molecule has 1 aliphatic heterocycles. The van der Waals surface area contributed by atoms with Crippen LogP contribution in [0.1, 0.15) is 27.6 Å². The van der Waals surface area contributed by atoms with Gasteiger partial charge in [0.15, 0.2) is 10.6 Å². The molecule has 1 aromatic rings. The average Bonchev–Trinajstić information content (AvgIpc) is 2.61. The molecular formula is C12H9Cl2NO3. The van der Waals surface area contributed by atoms with Crippen LogP contribution >= 0.6 is 23.2 Å². The van der Waals surface area contributed by atoms with Crippen LogP contribution in [0.2, 0.25) is 0 Å². The number of rotatable bonds is 3. The molecule has 4 nitrogen and oxygen atoms in total. The van der Waals surface area contributed by atoms with Crippen LogP contribution in [-0.2, 0) is 4.79 Å². The van der Waals surface area contributed by atoms with Gasteiger partial charge in [0.25, 0.3) is 11.8 Å². The molecule has 0 aromatic heterocycles. The molecule has 0 aliphatic carbocycles. The van der Waals surface area contributed by atoms with Crippen molar-refractivity contribution in [1.29, 1.82) is 0 Å². The molecule has 1 aromatic carbocycles. The summed E-state index contributed by atoms with van der Waals surface area (Å²) in [6.07, 6.45) is 0. The van der Waals surface area contributed by atoms with Crippen molar-refractivity contribution in [2.24, 2.45) is 0 Å². The van der Waals surface area contributed by atoms with E-state index in [1.807, 2.05) is 0 Å². The van der Waals surface area contributed by atoms with Gasteiger partial charge in [0, 0.05) is 0 Å². The molecule has 2 rings (SSSR count). The molecule has 0 radical (unpaired) electrons. The van der Waals surface area contributed by atoms with Gasteiger partial charge < -0.3 is 0 Å². The summed E-state index contributed by atoms with van der Waals surface area (Å²) in [5.41, 5.74) is 0.589. The molecule has 94 valence electrons. The molecule has 1 atom stereocenters. The van der Waals surface area contributed by atoms with Crippen LogP contribution < -0.4 is 0 Å². The highest BCUT2D eigenvalue weighted by Crippen LogP contribution is 2.25. The van der Waals surface area contributed by atoms with E-state index in [0.29, 0.717) is 11.1 Å². The Balaban J connectivity index is 2.37. The molecule has 0 fully saturated rings. The van der Waals surface area contributed by atoms with E-state index in [4.69, 9.17) is 23.2 Å². The van der Waals surface area contributed by atoms with Gasteiger partial charge >= 0.3 is 0 Å². The fourth-order valence-electron chi connectivity index (χ4n) is 1.87. The number of benzene rings is 1. The van der Waals surface area contributed by atoms with Gasteiger partial charge in [0.2, 0.25) is 0 Å². The SMILES string of the molecule is CC(C(=O)C(Cl)Cl)N1C(=O)c2ccccc2C1=O. The van der Waals surface area contributed by atoms with Crippen LogP contribution in [0.4, 0.5) is 0 Å². The Kier molecular flexibility index (Phi) is 3.41. The highest BCUT2D eigenvalue weighted by Gasteiger charge is 2.41. The summed E-state index contributed by atoms with van der Waals surface area (Å²) in [6.45, 7) is 1.43. The highest BCUT2D eigenvalue weighted by molar-refractivity contribution is 6.54. The number of Topliss-reactive ketones (excluding diaryl/α,β-unsaturated/α-hetero) is 1. The molecule has 2 amide bonds. The maximum Gasteiger partial charge on any atom is 0.262 e. The summed E-state index contributed by atoms with van der Waals surface area (Å²) < 4.78 is 0. The lowest BCUT2D eigenvalue weighted by molar-refractivity contribution is -0.120. The van der Waals surface area contributed by atoms with Gasteiger partial charge in [0.1, 0.15) is 0 Å². The predicted octanol–water partition coefficient (Wildman–Crippen LogP) is 2.04. The van der Waals surface area contributed by atoms with E-state index in [1.54, 1.807) is 24.3 Å². The Hall–Kier alpha value is -1.39. The monoisotopic (exact) mass is 285 g/mol. The maximum atomic E-state index is 12.0. The zero-order valence-electron chi connectivity index (χ0n) is 9.39. The Labute approximate surface area is 113 Å². The lowest BCUT2D eigenvalue weighted by atomic mass is 10.1. The summed E-state index contributed by atoms with van der Waals surface area (Å²) >= 11 is 10.9. The van der Waals surface area contributed by atoms with Gasteiger partial charge in [-0.2, -0.15) is 0 Å². The van der Waals surface area contributed by atoms with Crippen molar-refractivity contribution in [2.45, 2.75) is 17.8 Å². The van der Waals surface area contributed by atoms with Crippen molar-refractivity contribution < 1.29 is 14.4 Å². The molecule has 0 spiro atoms. The van der Waals surface area contributed by atoms with Gasteiger partial charge in [-0.1, -0.05) is 35.3 Å². The van der Waals surface area contributed by atoms with Crippen LogP contribution in [0, 0.1) is 0 Å². The minimum Gasteiger partial charge on any atom is -0.294 e. The first kappa shape index (κ1) is 13.1. The minimum atomic E-state index is -1.26. The molecule has 0 saturated carbocycles. The molecule has 0 saturated heterocycles. The normalized spacial score (nSPS) is 16.1. The number of carbonyl (C=O) groups is 3. The Bertz CT molecular complexity index is 507. The largest absolute Gasteiger partial charge is 0.294 e. The standard InChI is InChI=1S/C12H9Cl2NO3/c1-6(9(16)10(13)14)15-11(17)7-4-2-3-5-8(7)12(15)18/h2-6,10H,1H3. The summed E-state index contributed by atoms with van der Waals surface area (Å²) in [5.74, 6) is -1.57. The zero-order chi connectivity index (χ0) is 13.4. The molecule has 1 aliphatic rings. The third-order valence-corrected chi connectivity index (χ3v) is 3.27. The lowest BCUT2D eigenvalue weighted by Gasteiger charge is -2.21. The highest BCUT2D eigenvalue weighted by atomic mass is 35.5. The number of fused-ring (bicyclic) bond motifs is 1. The second kappa shape index (κ2) is 4.71. The average molecular weight is 286 g/mol. The summed E-state index contributed by atoms with van der Waals surface area (Å²) in [4.78, 5) is 35.4. The molecule has 1 unspecified atom stereocenters. The van der Waals surface area contributed by atoms with E-state index in [1.165, 1.54) is 6.92 Å². The number of hydrogen-bond donors (Lipinski definition) is 0. The van der Waals surface area contributed by atoms with Crippen LogP contribution in [0.5, 0.6) is 0 Å². The topological polar surface area (TPSA) is 54.5 Å². The fraction of sp³-hybridized carbons (Fsp3) is 0.250. The first-order valence-corrected chi connectivity index (χ1v) is 6.11. The molecule has 0 N–H and O–H groups in total. The van der Waals surface area contributed by atoms with E-state index in [-0.39, 0.29) is 0 Å². The third kappa shape index (κ3) is 1.91. The minimum absolute atomic E-state index is 0.294. The third-order valence-electron chi connectivity index (χ3n) is 2.84. The zero-order valence-corrected chi connectivity index (χ0v) is 10.9. The Morgan fingerprint density at radius 3 is 1.94 bits per heavy atom. The first-order chi connectivity index (χ1) is 8.45. The quantitative estimate of drug-likeness (QED) is 0.631. The molecule has 1 heterocycles. The maximum absolute atomic E-state index is 12.0. The molecule has 6 heteroatoms. The van der Waals surface area contributed by atoms with Crippen molar-refractivity contribution in [3.63, 3.8) is 0 Å². The number of alkyl halides is 2. The predicted molar refractivity (Wildman–Crippen MR) is 66.9 cm³/mol. The van der Waals surface area contributed by atoms with Crippen molar-refractivity contribution >= 4 is 40.8 Å². The Morgan fingerprint density at radius 2 is 1.56 bits per heavy atom. The van der Waals surface area contributed by atoms with E-state index >= 15 is 0 Å². The van der Waals surface area contributed by atoms with Gasteiger partial charge in [-0.3, -0.25) is 19.3 Å². The van der Waals surface area contributed by atoms with Crippen molar-refractivity contribution in [2.75, 3.05) is 0 Å². The summed E-state index contributed by atoms with van der Waals surface area (Å²) in [7, 11) is 0. The smallest absolute Gasteiger partial charge is 0.262 e. The van der Waals surface area contributed by atoms with Crippen LogP contribution in [-0.4, -0.2) is 33.4 Å². The van der Waals surface area contributed by atoms with Gasteiger partial charge in [-0.15, -0.1) is 0 Å². The van der Waals surface area contributed by atoms with Crippen molar-refractivity contribution in [1.82, 2.24) is 4.90 Å². The van der Waals surface area contributed by atoms with Crippen molar-refractivity contribution in [3.8, 4) is 0 Å². The molecule has 0 bridgehead atoms. The van der Waals surface area contributed by atoms with Crippen LogP contribution in [0.15, 0.2) is 24.3 Å². The first-order valence-electron chi connectivity index (χ1n) is 5.24. The molecule has 18 heavy (non-hydrogen) atoms. The lowest BCUT2D eigenvalue weighted by Crippen LogP contribution is -2.44. The molecular weight excluding hydrogens is 277 g/mol. The number of hydrogen-bond acceptors (Lipinski definition) is 3. The van der Waals surface area contributed by atoms with Gasteiger partial charge in [-0.25, -0.2) is 0 Å². The number of amides is 2.